The SMILES string of the molecule is O=C(Nc1ccc(Br)cc1F)c1ccc(N2CCOCC2)nc1. The van der Waals surface area contributed by atoms with Gasteiger partial charge in [-0.3, -0.25) is 4.79 Å². The largest absolute Gasteiger partial charge is 0.378 e. The molecule has 1 aromatic carbocycles. The van der Waals surface area contributed by atoms with Crippen molar-refractivity contribution in [3.63, 3.8) is 0 Å². The lowest BCUT2D eigenvalue weighted by molar-refractivity contribution is 0.102. The Morgan fingerprint density at radius 1 is 1.26 bits per heavy atom. The number of anilines is 2. The molecule has 1 aliphatic rings. The van der Waals surface area contributed by atoms with E-state index in [0.29, 0.717) is 23.2 Å². The van der Waals surface area contributed by atoms with Crippen LogP contribution in [0.3, 0.4) is 0 Å². The number of aromatic nitrogens is 1. The lowest BCUT2D eigenvalue weighted by atomic mass is 10.2. The van der Waals surface area contributed by atoms with Gasteiger partial charge in [0, 0.05) is 23.8 Å². The quantitative estimate of drug-likeness (QED) is 0.890. The van der Waals surface area contributed by atoms with Crippen LogP contribution in [0.2, 0.25) is 0 Å². The Kier molecular flexibility index (Phi) is 4.88. The molecule has 1 aromatic heterocycles. The molecule has 1 amide bonds. The summed E-state index contributed by atoms with van der Waals surface area (Å²) in [6.07, 6.45) is 1.50. The zero-order valence-electron chi connectivity index (χ0n) is 12.3. The first-order valence-corrected chi connectivity index (χ1v) is 7.98. The van der Waals surface area contributed by atoms with E-state index in [2.05, 4.69) is 31.1 Å². The Hall–Kier alpha value is -1.99. The number of ether oxygens (including phenoxy) is 1. The van der Waals surface area contributed by atoms with E-state index in [1.165, 1.54) is 18.3 Å². The first-order valence-electron chi connectivity index (χ1n) is 7.18. The van der Waals surface area contributed by atoms with Crippen molar-refractivity contribution in [2.45, 2.75) is 0 Å². The van der Waals surface area contributed by atoms with Crippen LogP contribution in [0.5, 0.6) is 0 Å². The molecule has 1 N–H and O–H groups in total. The van der Waals surface area contributed by atoms with E-state index in [-0.39, 0.29) is 5.69 Å². The highest BCUT2D eigenvalue weighted by molar-refractivity contribution is 9.10. The fraction of sp³-hybridized carbons (Fsp3) is 0.250. The maximum atomic E-state index is 13.8. The van der Waals surface area contributed by atoms with Gasteiger partial charge in [-0.25, -0.2) is 9.37 Å². The van der Waals surface area contributed by atoms with E-state index in [4.69, 9.17) is 4.74 Å². The van der Waals surface area contributed by atoms with Crippen LogP contribution in [-0.2, 0) is 4.74 Å². The summed E-state index contributed by atoms with van der Waals surface area (Å²) >= 11 is 3.18. The third-order valence-electron chi connectivity index (χ3n) is 3.52. The first-order chi connectivity index (χ1) is 11.1. The zero-order chi connectivity index (χ0) is 16.2. The second-order valence-electron chi connectivity index (χ2n) is 5.08. The number of carbonyl (C=O) groups is 1. The average molecular weight is 380 g/mol. The Labute approximate surface area is 141 Å². The number of rotatable bonds is 3. The minimum atomic E-state index is -0.495. The van der Waals surface area contributed by atoms with Crippen LogP contribution in [-0.4, -0.2) is 37.2 Å². The number of nitrogens with one attached hydrogen (secondary N) is 1. The lowest BCUT2D eigenvalue weighted by Gasteiger charge is -2.27. The van der Waals surface area contributed by atoms with Crippen LogP contribution < -0.4 is 10.2 Å². The van der Waals surface area contributed by atoms with Gasteiger partial charge in [0.1, 0.15) is 11.6 Å². The minimum absolute atomic E-state index is 0.135. The van der Waals surface area contributed by atoms with Crippen LogP contribution in [0.1, 0.15) is 10.4 Å². The van der Waals surface area contributed by atoms with Gasteiger partial charge in [-0.1, -0.05) is 15.9 Å². The molecule has 2 heterocycles. The number of hydrogen-bond donors (Lipinski definition) is 1. The van der Waals surface area contributed by atoms with Crippen molar-refractivity contribution in [2.24, 2.45) is 0 Å². The average Bonchev–Trinajstić information content (AvgIpc) is 2.58. The topological polar surface area (TPSA) is 54.5 Å². The van der Waals surface area contributed by atoms with Crippen LogP contribution in [0.4, 0.5) is 15.9 Å². The Balaban J connectivity index is 1.69. The molecule has 5 nitrogen and oxygen atoms in total. The van der Waals surface area contributed by atoms with Gasteiger partial charge in [0.05, 0.1) is 24.5 Å². The van der Waals surface area contributed by atoms with Gasteiger partial charge in [0.15, 0.2) is 0 Å². The molecule has 3 rings (SSSR count). The molecule has 0 saturated carbocycles. The fourth-order valence-corrected chi connectivity index (χ4v) is 2.62. The Morgan fingerprint density at radius 3 is 2.70 bits per heavy atom. The number of nitrogens with zero attached hydrogens (tertiary/aromatic N) is 2. The summed E-state index contributed by atoms with van der Waals surface area (Å²) in [5.74, 6) is -0.0856. The smallest absolute Gasteiger partial charge is 0.257 e. The summed E-state index contributed by atoms with van der Waals surface area (Å²) in [5, 5.41) is 2.54. The number of morpholine rings is 1. The molecule has 0 radical (unpaired) electrons. The molecule has 2 aromatic rings. The highest BCUT2D eigenvalue weighted by Crippen LogP contribution is 2.20. The second-order valence-corrected chi connectivity index (χ2v) is 6.00. The molecule has 23 heavy (non-hydrogen) atoms. The molecule has 0 spiro atoms. The van der Waals surface area contributed by atoms with Gasteiger partial charge in [0.2, 0.25) is 0 Å². The fourth-order valence-electron chi connectivity index (χ4n) is 2.29. The summed E-state index contributed by atoms with van der Waals surface area (Å²) < 4.78 is 19.7. The van der Waals surface area contributed by atoms with Crippen LogP contribution in [0.25, 0.3) is 0 Å². The van der Waals surface area contributed by atoms with Gasteiger partial charge in [0.25, 0.3) is 5.91 Å². The van der Waals surface area contributed by atoms with Crippen LogP contribution in [0, 0.1) is 5.82 Å². The Morgan fingerprint density at radius 2 is 2.04 bits per heavy atom. The lowest BCUT2D eigenvalue weighted by Crippen LogP contribution is -2.36. The first kappa shape index (κ1) is 15.9. The molecule has 7 heteroatoms. The van der Waals surface area contributed by atoms with Gasteiger partial charge in [-0.05, 0) is 30.3 Å². The molecule has 0 unspecified atom stereocenters. The highest BCUT2D eigenvalue weighted by Gasteiger charge is 2.14. The van der Waals surface area contributed by atoms with Gasteiger partial charge in [-0.15, -0.1) is 0 Å². The molecule has 0 aliphatic carbocycles. The maximum absolute atomic E-state index is 13.8. The molecule has 120 valence electrons. The van der Waals surface area contributed by atoms with Crippen molar-refractivity contribution in [1.82, 2.24) is 4.98 Å². The number of halogens is 2. The molecule has 0 bridgehead atoms. The van der Waals surface area contributed by atoms with Gasteiger partial charge < -0.3 is 15.0 Å². The molecular formula is C16H15BrFN3O2. The van der Waals surface area contributed by atoms with E-state index in [9.17, 15) is 9.18 Å². The summed E-state index contributed by atoms with van der Waals surface area (Å²) in [5.41, 5.74) is 0.514. The van der Waals surface area contributed by atoms with Crippen molar-refractivity contribution in [1.29, 1.82) is 0 Å². The van der Waals surface area contributed by atoms with Crippen molar-refractivity contribution >= 4 is 33.3 Å². The third kappa shape index (κ3) is 3.86. The number of amides is 1. The van der Waals surface area contributed by atoms with Crippen LogP contribution >= 0.6 is 15.9 Å². The van der Waals surface area contributed by atoms with Crippen molar-refractivity contribution in [2.75, 3.05) is 36.5 Å². The van der Waals surface area contributed by atoms with E-state index in [1.807, 2.05) is 0 Å². The monoisotopic (exact) mass is 379 g/mol. The normalized spacial score (nSPS) is 14.6. The van der Waals surface area contributed by atoms with Crippen molar-refractivity contribution < 1.29 is 13.9 Å². The minimum Gasteiger partial charge on any atom is -0.378 e. The number of hydrogen-bond acceptors (Lipinski definition) is 4. The highest BCUT2D eigenvalue weighted by atomic mass is 79.9. The molecule has 1 fully saturated rings. The van der Waals surface area contributed by atoms with Gasteiger partial charge >= 0.3 is 0 Å². The standard InChI is InChI=1S/C16H15BrFN3O2/c17-12-2-3-14(13(18)9-12)20-16(22)11-1-4-15(19-10-11)21-5-7-23-8-6-21/h1-4,9-10H,5-8H2,(H,20,22). The third-order valence-corrected chi connectivity index (χ3v) is 4.02. The van der Waals surface area contributed by atoms with Crippen molar-refractivity contribution in [3.8, 4) is 0 Å². The van der Waals surface area contributed by atoms with E-state index in [0.717, 1.165) is 18.9 Å². The summed E-state index contributed by atoms with van der Waals surface area (Å²) in [7, 11) is 0. The van der Waals surface area contributed by atoms with Crippen LogP contribution in [0.15, 0.2) is 41.0 Å². The van der Waals surface area contributed by atoms with Gasteiger partial charge in [-0.2, -0.15) is 0 Å². The number of pyridine rings is 1. The number of benzene rings is 1. The van der Waals surface area contributed by atoms with E-state index < -0.39 is 11.7 Å². The molecule has 1 saturated heterocycles. The number of carbonyl (C=O) groups excluding carboxylic acids is 1. The van der Waals surface area contributed by atoms with E-state index in [1.54, 1.807) is 18.2 Å². The molecule has 1 aliphatic heterocycles. The zero-order valence-corrected chi connectivity index (χ0v) is 13.8. The second kappa shape index (κ2) is 7.06. The van der Waals surface area contributed by atoms with E-state index >= 15 is 0 Å². The predicted molar refractivity (Wildman–Crippen MR) is 89.3 cm³/mol. The Bertz CT molecular complexity index is 703. The summed E-state index contributed by atoms with van der Waals surface area (Å²) in [6, 6.07) is 7.95. The molecular weight excluding hydrogens is 365 g/mol. The summed E-state index contributed by atoms with van der Waals surface area (Å²) in [4.78, 5) is 18.6. The van der Waals surface area contributed by atoms with Crippen molar-refractivity contribution in [3.05, 3.63) is 52.4 Å². The molecule has 0 atom stereocenters. The predicted octanol–water partition coefficient (Wildman–Crippen LogP) is 3.07. The summed E-state index contributed by atoms with van der Waals surface area (Å²) in [6.45, 7) is 2.91. The maximum Gasteiger partial charge on any atom is 0.257 e.